The second kappa shape index (κ2) is 5.28. The Morgan fingerprint density at radius 3 is 2.59 bits per heavy atom. The van der Waals surface area contributed by atoms with Gasteiger partial charge in [-0.3, -0.25) is 9.69 Å². The molecule has 2 heterocycles. The van der Waals surface area contributed by atoms with Crippen LogP contribution in [0.2, 0.25) is 0 Å². The third-order valence-corrected chi connectivity index (χ3v) is 4.66. The molecule has 0 aromatic heterocycles. The summed E-state index contributed by atoms with van der Waals surface area (Å²) in [6.45, 7) is 6.43. The predicted molar refractivity (Wildman–Crippen MR) is 83.2 cm³/mol. The molecule has 1 aromatic carbocycles. The van der Waals surface area contributed by atoms with Gasteiger partial charge in [-0.15, -0.1) is 0 Å². The zero-order valence-electron chi connectivity index (χ0n) is 12.9. The van der Waals surface area contributed by atoms with Gasteiger partial charge in [0, 0.05) is 31.9 Å². The van der Waals surface area contributed by atoms with Crippen LogP contribution in [0.4, 0.5) is 10.5 Å². The number of piperazine rings is 1. The van der Waals surface area contributed by atoms with Crippen molar-refractivity contribution in [2.24, 2.45) is 0 Å². The number of carboxylic acids is 1. The first kappa shape index (κ1) is 14.8. The summed E-state index contributed by atoms with van der Waals surface area (Å²) in [6, 6.07) is 7.53. The molecule has 2 fully saturated rings. The van der Waals surface area contributed by atoms with Gasteiger partial charge in [-0.1, -0.05) is 12.1 Å². The summed E-state index contributed by atoms with van der Waals surface area (Å²) in [5.41, 5.74) is 0.619. The van der Waals surface area contributed by atoms with Gasteiger partial charge in [0.15, 0.2) is 0 Å². The maximum Gasteiger partial charge on any atom is 0.324 e. The number of nitrogens with one attached hydrogen (secondary N) is 1. The van der Waals surface area contributed by atoms with Gasteiger partial charge in [0.1, 0.15) is 0 Å². The monoisotopic (exact) mass is 303 g/mol. The molecular formula is C16H21N3O3. The number of nitrogens with zero attached hydrogens (tertiary/aromatic N) is 2. The fourth-order valence-corrected chi connectivity index (χ4v) is 3.02. The van der Waals surface area contributed by atoms with E-state index in [-0.39, 0.29) is 12.1 Å². The number of anilines is 1. The van der Waals surface area contributed by atoms with Gasteiger partial charge >= 0.3 is 12.0 Å². The topological polar surface area (TPSA) is 72.9 Å². The van der Waals surface area contributed by atoms with E-state index in [4.69, 9.17) is 0 Å². The molecule has 0 aliphatic carbocycles. The third kappa shape index (κ3) is 2.33. The molecule has 1 atom stereocenters. The highest BCUT2D eigenvalue weighted by Crippen LogP contribution is 2.29. The van der Waals surface area contributed by atoms with Crippen molar-refractivity contribution in [3.8, 4) is 0 Å². The van der Waals surface area contributed by atoms with Crippen molar-refractivity contribution in [1.82, 2.24) is 10.2 Å². The van der Waals surface area contributed by atoms with Crippen molar-refractivity contribution in [1.29, 1.82) is 0 Å². The molecule has 6 heteroatoms. The lowest BCUT2D eigenvalue weighted by Gasteiger charge is -2.28. The van der Waals surface area contributed by atoms with Crippen molar-refractivity contribution in [2.75, 3.05) is 31.1 Å². The molecular weight excluding hydrogens is 282 g/mol. The molecule has 2 aliphatic rings. The number of hydrogen-bond acceptors (Lipinski definition) is 3. The molecule has 2 N–H and O–H groups in total. The van der Waals surface area contributed by atoms with E-state index in [1.165, 1.54) is 0 Å². The SMILES string of the molecule is CC(C)(C(=O)O)c1ccc(N2C[C@@H]3CNCCN3C2=O)cc1. The van der Waals surface area contributed by atoms with Crippen molar-refractivity contribution in [2.45, 2.75) is 25.3 Å². The lowest BCUT2D eigenvalue weighted by atomic mass is 9.85. The average molecular weight is 303 g/mol. The molecule has 0 spiro atoms. The van der Waals surface area contributed by atoms with Crippen LogP contribution >= 0.6 is 0 Å². The fourth-order valence-electron chi connectivity index (χ4n) is 3.02. The first-order chi connectivity index (χ1) is 10.4. The molecule has 22 heavy (non-hydrogen) atoms. The first-order valence-electron chi connectivity index (χ1n) is 7.54. The minimum atomic E-state index is -0.936. The zero-order chi connectivity index (χ0) is 15.9. The number of amides is 2. The number of urea groups is 1. The smallest absolute Gasteiger partial charge is 0.324 e. The largest absolute Gasteiger partial charge is 0.481 e. The Labute approximate surface area is 129 Å². The molecule has 2 amide bonds. The number of carbonyl (C=O) groups is 2. The molecule has 118 valence electrons. The highest BCUT2D eigenvalue weighted by molar-refractivity contribution is 5.95. The molecule has 0 unspecified atom stereocenters. The van der Waals surface area contributed by atoms with Crippen LogP contribution < -0.4 is 10.2 Å². The Morgan fingerprint density at radius 2 is 2.00 bits per heavy atom. The number of fused-ring (bicyclic) bond motifs is 1. The quantitative estimate of drug-likeness (QED) is 0.882. The predicted octanol–water partition coefficient (Wildman–Crippen LogP) is 1.26. The Balaban J connectivity index is 1.82. The van der Waals surface area contributed by atoms with Gasteiger partial charge < -0.3 is 15.3 Å². The summed E-state index contributed by atoms with van der Waals surface area (Å²) in [5.74, 6) is -0.860. The molecule has 2 saturated heterocycles. The van der Waals surface area contributed by atoms with Crippen LogP contribution in [0, 0.1) is 0 Å². The van der Waals surface area contributed by atoms with Gasteiger partial charge in [0.2, 0.25) is 0 Å². The van der Waals surface area contributed by atoms with E-state index < -0.39 is 11.4 Å². The second-order valence-electron chi connectivity index (χ2n) is 6.42. The van der Waals surface area contributed by atoms with Crippen LogP contribution in [-0.2, 0) is 10.2 Å². The maximum absolute atomic E-state index is 12.5. The van der Waals surface area contributed by atoms with E-state index in [9.17, 15) is 14.7 Å². The summed E-state index contributed by atoms with van der Waals surface area (Å²) < 4.78 is 0. The van der Waals surface area contributed by atoms with Crippen LogP contribution in [0.1, 0.15) is 19.4 Å². The molecule has 0 saturated carbocycles. The third-order valence-electron chi connectivity index (χ3n) is 4.66. The normalized spacial score (nSPS) is 21.9. The molecule has 2 aliphatic heterocycles. The first-order valence-corrected chi connectivity index (χ1v) is 7.54. The van der Waals surface area contributed by atoms with Gasteiger partial charge in [-0.05, 0) is 31.5 Å². The van der Waals surface area contributed by atoms with Crippen LogP contribution in [0.25, 0.3) is 0 Å². The van der Waals surface area contributed by atoms with E-state index in [0.29, 0.717) is 6.54 Å². The van der Waals surface area contributed by atoms with Crippen LogP contribution in [-0.4, -0.2) is 54.2 Å². The summed E-state index contributed by atoms with van der Waals surface area (Å²) in [4.78, 5) is 27.4. The highest BCUT2D eigenvalue weighted by Gasteiger charge is 2.39. The second-order valence-corrected chi connectivity index (χ2v) is 6.42. The van der Waals surface area contributed by atoms with Crippen molar-refractivity contribution >= 4 is 17.7 Å². The lowest BCUT2D eigenvalue weighted by molar-refractivity contribution is -0.142. The number of hydrogen-bond donors (Lipinski definition) is 2. The van der Waals surface area contributed by atoms with E-state index >= 15 is 0 Å². The number of carboxylic acid groups (broad SMARTS) is 1. The van der Waals surface area contributed by atoms with Crippen LogP contribution in [0.3, 0.4) is 0 Å². The zero-order valence-corrected chi connectivity index (χ0v) is 12.9. The maximum atomic E-state index is 12.5. The Hall–Kier alpha value is -2.08. The number of rotatable bonds is 3. The van der Waals surface area contributed by atoms with Crippen molar-refractivity contribution in [3.63, 3.8) is 0 Å². The minimum Gasteiger partial charge on any atom is -0.481 e. The molecule has 0 bridgehead atoms. The molecule has 6 nitrogen and oxygen atoms in total. The van der Waals surface area contributed by atoms with Crippen molar-refractivity contribution in [3.05, 3.63) is 29.8 Å². The molecule has 0 radical (unpaired) electrons. The Kier molecular flexibility index (Phi) is 3.56. The standard InChI is InChI=1S/C16H21N3O3/c1-16(2,14(20)21)11-3-5-12(6-4-11)19-10-13-9-17-7-8-18(13)15(19)22/h3-6,13,17H,7-10H2,1-2H3,(H,20,21)/t13-/m0/s1. The summed E-state index contributed by atoms with van der Waals surface area (Å²) in [7, 11) is 0. The van der Waals surface area contributed by atoms with Gasteiger partial charge in [0.25, 0.3) is 0 Å². The Morgan fingerprint density at radius 1 is 1.32 bits per heavy atom. The highest BCUT2D eigenvalue weighted by atomic mass is 16.4. The number of aliphatic carboxylic acids is 1. The summed E-state index contributed by atoms with van der Waals surface area (Å²) >= 11 is 0. The van der Waals surface area contributed by atoms with Gasteiger partial charge in [0.05, 0.1) is 11.5 Å². The summed E-state index contributed by atoms with van der Waals surface area (Å²) in [5, 5.41) is 12.6. The molecule has 1 aromatic rings. The summed E-state index contributed by atoms with van der Waals surface area (Å²) in [6.07, 6.45) is 0. The minimum absolute atomic E-state index is 0.0387. The van der Waals surface area contributed by atoms with Gasteiger partial charge in [-0.2, -0.15) is 0 Å². The number of carbonyl (C=O) groups excluding carboxylic acids is 1. The van der Waals surface area contributed by atoms with E-state index in [1.54, 1.807) is 30.9 Å². The molecule has 3 rings (SSSR count). The van der Waals surface area contributed by atoms with Crippen molar-refractivity contribution < 1.29 is 14.7 Å². The van der Waals surface area contributed by atoms with Gasteiger partial charge in [-0.25, -0.2) is 4.79 Å². The van der Waals surface area contributed by atoms with E-state index in [2.05, 4.69) is 5.32 Å². The lowest BCUT2D eigenvalue weighted by Crippen LogP contribution is -2.49. The Bertz CT molecular complexity index is 597. The number of benzene rings is 1. The fraction of sp³-hybridized carbons (Fsp3) is 0.500. The average Bonchev–Trinajstić information content (AvgIpc) is 2.85. The van der Waals surface area contributed by atoms with Crippen LogP contribution in [0.15, 0.2) is 24.3 Å². The van der Waals surface area contributed by atoms with E-state index in [1.807, 2.05) is 17.0 Å². The van der Waals surface area contributed by atoms with Crippen LogP contribution in [0.5, 0.6) is 0 Å². The van der Waals surface area contributed by atoms with E-state index in [0.717, 1.165) is 30.9 Å².